The number of hydrazine groups is 1. The van der Waals surface area contributed by atoms with Crippen LogP contribution in [0.5, 0.6) is 11.5 Å². The van der Waals surface area contributed by atoms with Crippen LogP contribution in [0, 0.1) is 5.82 Å². The van der Waals surface area contributed by atoms with Crippen molar-refractivity contribution in [3.63, 3.8) is 0 Å². The lowest BCUT2D eigenvalue weighted by atomic mass is 9.89. The highest BCUT2D eigenvalue weighted by atomic mass is 19.1. The molecule has 0 saturated carbocycles. The number of ether oxygens (including phenoxy) is 2. The summed E-state index contributed by atoms with van der Waals surface area (Å²) in [5, 5.41) is 6.02. The molecule has 0 unspecified atom stereocenters. The van der Waals surface area contributed by atoms with E-state index in [1.54, 1.807) is 51.2 Å². The number of hydrogen-bond donors (Lipinski definition) is 2. The van der Waals surface area contributed by atoms with Gasteiger partial charge in [0.05, 0.1) is 20.3 Å². The molecular formula is C37H42FN5O4. The first-order chi connectivity index (χ1) is 22.7. The Kier molecular flexibility index (Phi) is 9.49. The quantitative estimate of drug-likeness (QED) is 0.174. The van der Waals surface area contributed by atoms with Gasteiger partial charge in [0.1, 0.15) is 17.3 Å². The fourth-order valence-electron chi connectivity index (χ4n) is 7.05. The molecule has 0 bridgehead atoms. The van der Waals surface area contributed by atoms with Crippen LogP contribution in [0.2, 0.25) is 0 Å². The van der Waals surface area contributed by atoms with Gasteiger partial charge >= 0.3 is 0 Å². The topological polar surface area (TPSA) is 93.9 Å². The molecule has 246 valence electrons. The van der Waals surface area contributed by atoms with Crippen molar-refractivity contribution < 1.29 is 23.5 Å². The summed E-state index contributed by atoms with van der Waals surface area (Å²) < 4.78 is 25.1. The average Bonchev–Trinajstić information content (AvgIpc) is 3.68. The molecule has 2 aromatic heterocycles. The molecular weight excluding hydrogens is 597 g/mol. The number of aromatic amines is 2. The van der Waals surface area contributed by atoms with Crippen molar-refractivity contribution in [2.45, 2.75) is 51.6 Å². The van der Waals surface area contributed by atoms with E-state index in [0.717, 1.165) is 51.3 Å². The van der Waals surface area contributed by atoms with Crippen LogP contribution in [0.15, 0.2) is 73.1 Å². The maximum absolute atomic E-state index is 14.1. The Balaban J connectivity index is 1.28. The summed E-state index contributed by atoms with van der Waals surface area (Å²) in [4.78, 5) is 35.2. The number of carbonyl (C=O) groups is 2. The minimum absolute atomic E-state index is 0.0750. The van der Waals surface area contributed by atoms with E-state index in [2.05, 4.69) is 21.0 Å². The van der Waals surface area contributed by atoms with Gasteiger partial charge < -0.3 is 24.3 Å². The Bertz CT molecular complexity index is 1850. The van der Waals surface area contributed by atoms with Gasteiger partial charge in [-0.25, -0.2) is 9.40 Å². The highest BCUT2D eigenvalue weighted by Gasteiger charge is 2.34. The Labute approximate surface area is 274 Å². The molecule has 5 aromatic rings. The molecule has 1 aliphatic rings. The van der Waals surface area contributed by atoms with Gasteiger partial charge in [0, 0.05) is 80.3 Å². The first-order valence-electron chi connectivity index (χ1n) is 16.1. The summed E-state index contributed by atoms with van der Waals surface area (Å²) in [5.41, 5.74) is 5.01. The molecule has 1 fully saturated rings. The molecule has 47 heavy (non-hydrogen) atoms. The minimum atomic E-state index is -0.332. The summed E-state index contributed by atoms with van der Waals surface area (Å²) in [5.74, 6) is 1.10. The molecule has 3 heterocycles. The third-order valence-electron chi connectivity index (χ3n) is 9.35. The van der Waals surface area contributed by atoms with Crippen LogP contribution in [0.3, 0.4) is 0 Å². The number of fused-ring (bicyclic) bond motifs is 2. The molecule has 9 nitrogen and oxygen atoms in total. The van der Waals surface area contributed by atoms with Gasteiger partial charge in [-0.3, -0.25) is 14.6 Å². The van der Waals surface area contributed by atoms with Crippen molar-refractivity contribution in [2.75, 3.05) is 33.9 Å². The fourth-order valence-corrected chi connectivity index (χ4v) is 7.05. The van der Waals surface area contributed by atoms with Crippen LogP contribution in [0.4, 0.5) is 4.39 Å². The Morgan fingerprint density at radius 1 is 0.894 bits per heavy atom. The second-order valence-corrected chi connectivity index (χ2v) is 12.4. The third kappa shape index (κ3) is 6.97. The first-order valence-corrected chi connectivity index (χ1v) is 16.1. The zero-order chi connectivity index (χ0) is 33.1. The van der Waals surface area contributed by atoms with Crippen LogP contribution in [0.1, 0.15) is 49.3 Å². The predicted octanol–water partition coefficient (Wildman–Crippen LogP) is 6.41. The van der Waals surface area contributed by atoms with Gasteiger partial charge in [-0.15, -0.1) is 0 Å². The molecule has 1 saturated heterocycles. The zero-order valence-electron chi connectivity index (χ0n) is 27.4. The van der Waals surface area contributed by atoms with Gasteiger partial charge in [0.25, 0.3) is 0 Å². The maximum Gasteiger partial charge on any atom is 0.234 e. The number of carbonyl (C=O) groups excluding carboxylic acids is 2. The second kappa shape index (κ2) is 13.9. The number of benzene rings is 3. The number of amides is 2. The molecule has 0 spiro atoms. The smallest absolute Gasteiger partial charge is 0.234 e. The lowest BCUT2D eigenvalue weighted by Crippen LogP contribution is -2.57. The van der Waals surface area contributed by atoms with Crippen molar-refractivity contribution in [2.24, 2.45) is 0 Å². The number of piperidine rings is 1. The lowest BCUT2D eigenvalue weighted by molar-refractivity contribution is -0.158. The zero-order valence-corrected chi connectivity index (χ0v) is 27.4. The number of aromatic nitrogens is 2. The van der Waals surface area contributed by atoms with Crippen molar-refractivity contribution in [1.29, 1.82) is 0 Å². The highest BCUT2D eigenvalue weighted by Crippen LogP contribution is 2.35. The monoisotopic (exact) mass is 639 g/mol. The van der Waals surface area contributed by atoms with Crippen LogP contribution < -0.4 is 9.47 Å². The number of hydrogen-bond acceptors (Lipinski definition) is 5. The Hall–Kier alpha value is -4.83. The van der Waals surface area contributed by atoms with E-state index in [1.165, 1.54) is 6.07 Å². The van der Waals surface area contributed by atoms with Gasteiger partial charge in [-0.05, 0) is 78.3 Å². The number of para-hydroxylation sites is 1. The average molecular weight is 640 g/mol. The number of H-pyrrole nitrogens is 2. The molecule has 0 radical (unpaired) electrons. The molecule has 6 rings (SSSR count). The molecule has 1 atom stereocenters. The summed E-state index contributed by atoms with van der Waals surface area (Å²) in [6.45, 7) is 5.14. The summed E-state index contributed by atoms with van der Waals surface area (Å²) in [7, 11) is 3.20. The van der Waals surface area contributed by atoms with Crippen LogP contribution >= 0.6 is 0 Å². The number of halogens is 1. The summed E-state index contributed by atoms with van der Waals surface area (Å²) in [6.07, 6.45) is 6.17. The second-order valence-electron chi connectivity index (χ2n) is 12.4. The van der Waals surface area contributed by atoms with Crippen molar-refractivity contribution in [3.8, 4) is 11.5 Å². The largest absolute Gasteiger partial charge is 0.497 e. The standard InChI is InChI=1S/C37H42FN5O4/c1-24(44)41(22-26-15-31(46-3)19-32(16-26)47-4)23-30(17-28-20-39-36-8-6-5-7-33(28)36)43(25(2)45)42-13-11-27(12-14-42)35-21-40-37-10-9-29(38)18-34(35)37/h5-10,15-16,18-21,27,30,39-40H,11-14,17,22-23H2,1-4H3/t30-/m1/s1. The molecule has 1 aliphatic heterocycles. The molecule has 10 heteroatoms. The van der Waals surface area contributed by atoms with Crippen molar-refractivity contribution in [3.05, 3.63) is 95.6 Å². The van der Waals surface area contributed by atoms with Crippen LogP contribution in [0.25, 0.3) is 21.8 Å². The molecule has 3 aromatic carbocycles. The van der Waals surface area contributed by atoms with Crippen molar-refractivity contribution >= 4 is 33.6 Å². The van der Waals surface area contributed by atoms with E-state index < -0.39 is 0 Å². The third-order valence-corrected chi connectivity index (χ3v) is 9.35. The molecule has 2 amide bonds. The van der Waals surface area contributed by atoms with Gasteiger partial charge in [-0.1, -0.05) is 18.2 Å². The van der Waals surface area contributed by atoms with Gasteiger partial charge in [-0.2, -0.15) is 0 Å². The van der Waals surface area contributed by atoms with E-state index in [0.29, 0.717) is 44.1 Å². The van der Waals surface area contributed by atoms with E-state index in [9.17, 15) is 14.0 Å². The number of nitrogens with one attached hydrogen (secondary N) is 2. The summed E-state index contributed by atoms with van der Waals surface area (Å²) >= 11 is 0. The van der Waals surface area contributed by atoms with Crippen LogP contribution in [-0.2, 0) is 22.6 Å². The summed E-state index contributed by atoms with van der Waals surface area (Å²) in [6, 6.07) is 18.2. The predicted molar refractivity (Wildman–Crippen MR) is 181 cm³/mol. The van der Waals surface area contributed by atoms with E-state index in [-0.39, 0.29) is 29.6 Å². The normalized spacial score (nSPS) is 14.7. The SMILES string of the molecule is COc1cc(CN(C[C@@H](Cc2c[nH]c3ccccc23)N(C(C)=O)N2CCC(c3c[nH]c4ccc(F)cc34)CC2)C(C)=O)cc(OC)c1. The molecule has 2 N–H and O–H groups in total. The number of methoxy groups -OCH3 is 2. The molecule has 0 aliphatic carbocycles. The number of rotatable bonds is 11. The Morgan fingerprint density at radius 2 is 1.57 bits per heavy atom. The van der Waals surface area contributed by atoms with E-state index in [4.69, 9.17) is 9.47 Å². The maximum atomic E-state index is 14.1. The van der Waals surface area contributed by atoms with Crippen LogP contribution in [-0.4, -0.2) is 76.6 Å². The highest BCUT2D eigenvalue weighted by molar-refractivity contribution is 5.84. The number of nitrogens with zero attached hydrogens (tertiary/aromatic N) is 3. The lowest BCUT2D eigenvalue weighted by Gasteiger charge is -2.44. The Morgan fingerprint density at radius 3 is 2.26 bits per heavy atom. The van der Waals surface area contributed by atoms with E-state index >= 15 is 0 Å². The first kappa shape index (κ1) is 32.1. The van der Waals surface area contributed by atoms with Gasteiger partial charge in [0.2, 0.25) is 11.8 Å². The fraction of sp³-hybridized carbons (Fsp3) is 0.351. The van der Waals surface area contributed by atoms with E-state index in [1.807, 2.05) is 47.7 Å². The minimum Gasteiger partial charge on any atom is -0.497 e. The van der Waals surface area contributed by atoms with Crippen molar-refractivity contribution in [1.82, 2.24) is 24.9 Å². The van der Waals surface area contributed by atoms with Gasteiger partial charge in [0.15, 0.2) is 0 Å².